The predicted octanol–water partition coefficient (Wildman–Crippen LogP) is 0.783. The van der Waals surface area contributed by atoms with E-state index in [1.54, 1.807) is 0 Å². The van der Waals surface area contributed by atoms with Gasteiger partial charge < -0.3 is 44.5 Å². The molecule has 1 saturated heterocycles. The summed E-state index contributed by atoms with van der Waals surface area (Å²) < 4.78 is 16.5. The van der Waals surface area contributed by atoms with Crippen molar-refractivity contribution in [3.63, 3.8) is 0 Å². The molecule has 6 N–H and O–H groups in total. The number of fused-ring (bicyclic) bond motifs is 1. The molecule has 0 saturated carbocycles. The molecular weight excluding hydrogens is 412 g/mol. The molecule has 0 spiro atoms. The smallest absolute Gasteiger partial charge is 0.238 e. The summed E-state index contributed by atoms with van der Waals surface area (Å²) in [6, 6.07) is 7.76. The van der Waals surface area contributed by atoms with E-state index in [-0.39, 0.29) is 34.0 Å². The number of aliphatic hydroxyl groups excluding tert-OH is 3. The van der Waals surface area contributed by atoms with Crippen LogP contribution in [0.25, 0.3) is 22.3 Å². The van der Waals surface area contributed by atoms with Gasteiger partial charge in [-0.3, -0.25) is 4.79 Å². The largest absolute Gasteiger partial charge is 0.508 e. The van der Waals surface area contributed by atoms with Gasteiger partial charge in [-0.25, -0.2) is 0 Å². The Hall–Kier alpha value is -3.31. The van der Waals surface area contributed by atoms with Crippen LogP contribution < -0.4 is 10.2 Å². The van der Waals surface area contributed by atoms with Crippen LogP contribution in [0.1, 0.15) is 6.92 Å². The number of hydrogen-bond acceptors (Lipinski definition) is 10. The number of rotatable bonds is 3. The molecule has 10 heteroatoms. The number of aromatic hydroxyl groups is 3. The summed E-state index contributed by atoms with van der Waals surface area (Å²) in [5.41, 5.74) is -0.699. The van der Waals surface area contributed by atoms with Crippen molar-refractivity contribution in [3.8, 4) is 34.3 Å². The number of ether oxygens (including phenoxy) is 2. The first-order valence-electron chi connectivity index (χ1n) is 9.36. The Labute approximate surface area is 174 Å². The Morgan fingerprint density at radius 2 is 1.58 bits per heavy atom. The van der Waals surface area contributed by atoms with Gasteiger partial charge in [0.05, 0.1) is 6.10 Å². The number of hydrogen-bond donors (Lipinski definition) is 6. The molecule has 1 aliphatic heterocycles. The summed E-state index contributed by atoms with van der Waals surface area (Å²) in [5, 5.41) is 59.7. The Kier molecular flexibility index (Phi) is 5.23. The standard InChI is InChI=1S/C21H20O10/c1-8-15(24)17(26)19(28)21(29-8)31-13-7-11(23)6-12-14(13)16(25)18(27)20(30-12)9-2-4-10(22)5-3-9/h2-8,15,17,19,21-24,26-28H,1H3/t8-,15-,17+,19+,21-/m0/s1. The quantitative estimate of drug-likeness (QED) is 0.348. The van der Waals surface area contributed by atoms with Crippen LogP contribution in [-0.2, 0) is 4.74 Å². The van der Waals surface area contributed by atoms with Gasteiger partial charge in [-0.1, -0.05) is 0 Å². The number of phenolic OH excluding ortho intramolecular Hbond substituents is 2. The Balaban J connectivity index is 1.81. The summed E-state index contributed by atoms with van der Waals surface area (Å²) in [5.74, 6) is -1.55. The molecule has 164 valence electrons. The van der Waals surface area contributed by atoms with Gasteiger partial charge in [-0.05, 0) is 31.2 Å². The molecule has 0 radical (unpaired) electrons. The van der Waals surface area contributed by atoms with Crippen molar-refractivity contribution in [2.75, 3.05) is 0 Å². The molecule has 0 unspecified atom stereocenters. The molecule has 1 aliphatic rings. The minimum Gasteiger partial charge on any atom is -0.508 e. The zero-order valence-corrected chi connectivity index (χ0v) is 16.2. The second-order valence-electron chi connectivity index (χ2n) is 7.27. The zero-order chi connectivity index (χ0) is 22.4. The highest BCUT2D eigenvalue weighted by molar-refractivity contribution is 5.88. The summed E-state index contributed by atoms with van der Waals surface area (Å²) in [6.07, 6.45) is -6.93. The first-order chi connectivity index (χ1) is 14.7. The molecule has 1 fully saturated rings. The molecule has 10 nitrogen and oxygen atoms in total. The highest BCUT2D eigenvalue weighted by atomic mass is 16.7. The van der Waals surface area contributed by atoms with Crippen molar-refractivity contribution in [1.29, 1.82) is 0 Å². The topological polar surface area (TPSA) is 170 Å². The third-order valence-electron chi connectivity index (χ3n) is 5.10. The normalized spacial score (nSPS) is 26.1. The third kappa shape index (κ3) is 3.66. The molecule has 0 bridgehead atoms. The fourth-order valence-electron chi connectivity index (χ4n) is 3.40. The average molecular weight is 432 g/mol. The fraction of sp³-hybridized carbons (Fsp3) is 0.286. The lowest BCUT2D eigenvalue weighted by molar-refractivity contribution is -0.267. The highest BCUT2D eigenvalue weighted by Crippen LogP contribution is 2.37. The minimum atomic E-state index is -1.65. The fourth-order valence-corrected chi connectivity index (χ4v) is 3.40. The summed E-state index contributed by atoms with van der Waals surface area (Å²) in [7, 11) is 0. The predicted molar refractivity (Wildman–Crippen MR) is 106 cm³/mol. The summed E-state index contributed by atoms with van der Waals surface area (Å²) >= 11 is 0. The van der Waals surface area contributed by atoms with Crippen molar-refractivity contribution >= 4 is 11.0 Å². The highest BCUT2D eigenvalue weighted by Gasteiger charge is 2.43. The molecule has 4 rings (SSSR count). The van der Waals surface area contributed by atoms with Crippen molar-refractivity contribution in [2.45, 2.75) is 37.6 Å². The number of aliphatic hydroxyl groups is 3. The van der Waals surface area contributed by atoms with Crippen LogP contribution in [0.15, 0.2) is 45.6 Å². The van der Waals surface area contributed by atoms with Crippen molar-refractivity contribution < 1.29 is 44.5 Å². The van der Waals surface area contributed by atoms with Gasteiger partial charge in [0.2, 0.25) is 17.5 Å². The minimum absolute atomic E-state index is 0.0210. The average Bonchev–Trinajstić information content (AvgIpc) is 2.73. The van der Waals surface area contributed by atoms with Crippen LogP contribution in [0.2, 0.25) is 0 Å². The van der Waals surface area contributed by atoms with Crippen LogP contribution >= 0.6 is 0 Å². The van der Waals surface area contributed by atoms with Gasteiger partial charge >= 0.3 is 0 Å². The molecule has 0 aliphatic carbocycles. The second kappa shape index (κ2) is 7.75. The molecule has 1 aromatic heterocycles. The van der Waals surface area contributed by atoms with Crippen LogP contribution in [-0.4, -0.2) is 61.3 Å². The monoisotopic (exact) mass is 432 g/mol. The van der Waals surface area contributed by atoms with Gasteiger partial charge in [0.15, 0.2) is 5.76 Å². The van der Waals surface area contributed by atoms with E-state index in [0.717, 1.165) is 12.1 Å². The van der Waals surface area contributed by atoms with Crippen LogP contribution in [0.3, 0.4) is 0 Å². The molecule has 3 aromatic rings. The number of benzene rings is 2. The van der Waals surface area contributed by atoms with Gasteiger partial charge in [0, 0.05) is 17.7 Å². The second-order valence-corrected chi connectivity index (χ2v) is 7.27. The lowest BCUT2D eigenvalue weighted by Gasteiger charge is -2.38. The maximum Gasteiger partial charge on any atom is 0.238 e. The van der Waals surface area contributed by atoms with E-state index in [0.29, 0.717) is 5.56 Å². The van der Waals surface area contributed by atoms with Gasteiger partial charge in [0.25, 0.3) is 0 Å². The third-order valence-corrected chi connectivity index (χ3v) is 5.10. The lowest BCUT2D eigenvalue weighted by atomic mass is 10.00. The van der Waals surface area contributed by atoms with E-state index in [2.05, 4.69) is 0 Å². The zero-order valence-electron chi connectivity index (χ0n) is 16.2. The van der Waals surface area contributed by atoms with E-state index in [9.17, 15) is 35.4 Å². The summed E-state index contributed by atoms with van der Waals surface area (Å²) in [6.45, 7) is 1.46. The van der Waals surface area contributed by atoms with E-state index in [1.165, 1.54) is 31.2 Å². The Bertz CT molecular complexity index is 1170. The number of phenols is 2. The Morgan fingerprint density at radius 3 is 2.26 bits per heavy atom. The van der Waals surface area contributed by atoms with Crippen LogP contribution in [0.4, 0.5) is 0 Å². The van der Waals surface area contributed by atoms with Gasteiger partial charge in [-0.15, -0.1) is 0 Å². The maximum absolute atomic E-state index is 12.9. The maximum atomic E-state index is 12.9. The van der Waals surface area contributed by atoms with Crippen molar-refractivity contribution in [3.05, 3.63) is 46.6 Å². The van der Waals surface area contributed by atoms with E-state index in [1.807, 2.05) is 0 Å². The molecular formula is C21H20O10. The first-order valence-corrected chi connectivity index (χ1v) is 9.36. The van der Waals surface area contributed by atoms with E-state index < -0.39 is 41.9 Å². The molecule has 2 heterocycles. The lowest BCUT2D eigenvalue weighted by Crippen LogP contribution is -2.58. The van der Waals surface area contributed by atoms with Crippen molar-refractivity contribution in [2.24, 2.45) is 0 Å². The molecule has 0 amide bonds. The van der Waals surface area contributed by atoms with Crippen LogP contribution in [0, 0.1) is 0 Å². The van der Waals surface area contributed by atoms with Crippen LogP contribution in [0.5, 0.6) is 23.0 Å². The molecule has 5 atom stereocenters. The molecule has 31 heavy (non-hydrogen) atoms. The summed E-state index contributed by atoms with van der Waals surface area (Å²) in [4.78, 5) is 12.9. The van der Waals surface area contributed by atoms with Gasteiger partial charge in [0.1, 0.15) is 46.5 Å². The van der Waals surface area contributed by atoms with E-state index in [4.69, 9.17) is 13.9 Å². The van der Waals surface area contributed by atoms with Crippen molar-refractivity contribution in [1.82, 2.24) is 0 Å². The van der Waals surface area contributed by atoms with E-state index >= 15 is 0 Å². The Morgan fingerprint density at radius 1 is 0.903 bits per heavy atom. The van der Waals surface area contributed by atoms with Gasteiger partial charge in [-0.2, -0.15) is 0 Å². The first kappa shape index (κ1) is 20.9. The molecule has 2 aromatic carbocycles. The SMILES string of the molecule is C[C@@H]1O[C@@H](Oc2cc(O)cc3oc(-c4ccc(O)cc4)c(O)c(=O)c23)[C@H](O)[C@H](O)[C@H]1O.